The molecule has 6 nitrogen and oxygen atoms in total. The highest BCUT2D eigenvalue weighted by molar-refractivity contribution is 5.92. The molecular formula is C16H17F2N5O. The number of amides is 1. The van der Waals surface area contributed by atoms with E-state index in [4.69, 9.17) is 0 Å². The number of likely N-dealkylation sites (N-methyl/N-ethyl adjacent to an activating group) is 1. The van der Waals surface area contributed by atoms with Crippen LogP contribution in [0.25, 0.3) is 0 Å². The number of aromatic nitrogens is 2. The quantitative estimate of drug-likeness (QED) is 0.929. The molecule has 24 heavy (non-hydrogen) atoms. The molecule has 0 aliphatic carbocycles. The third kappa shape index (κ3) is 3.65. The van der Waals surface area contributed by atoms with Gasteiger partial charge in [0.25, 0.3) is 5.91 Å². The summed E-state index contributed by atoms with van der Waals surface area (Å²) in [5.74, 6) is -1.68. The minimum absolute atomic E-state index is 0.157. The summed E-state index contributed by atoms with van der Waals surface area (Å²) in [7, 11) is 2.01. The largest absolute Gasteiger partial charge is 0.339 e. The van der Waals surface area contributed by atoms with Crippen LogP contribution in [0, 0.1) is 11.6 Å². The predicted octanol–water partition coefficient (Wildman–Crippen LogP) is 1.89. The van der Waals surface area contributed by atoms with Gasteiger partial charge >= 0.3 is 0 Å². The van der Waals surface area contributed by atoms with E-state index in [0.717, 1.165) is 25.2 Å². The summed E-state index contributed by atoms with van der Waals surface area (Å²) in [6, 6.07) is 3.44. The lowest BCUT2D eigenvalue weighted by atomic mass is 10.3. The number of carbonyl (C=O) groups excluding carboxylic acids is 1. The molecule has 1 aliphatic rings. The molecule has 8 heteroatoms. The molecular weight excluding hydrogens is 316 g/mol. The van der Waals surface area contributed by atoms with Gasteiger partial charge in [-0.25, -0.2) is 18.7 Å². The lowest BCUT2D eigenvalue weighted by Gasteiger charge is -2.32. The molecule has 3 rings (SSSR count). The zero-order valence-corrected chi connectivity index (χ0v) is 13.2. The summed E-state index contributed by atoms with van der Waals surface area (Å²) in [6.07, 6.45) is 2.77. The summed E-state index contributed by atoms with van der Waals surface area (Å²) in [5, 5.41) is 2.81. The van der Waals surface area contributed by atoms with Crippen LogP contribution in [0.5, 0.6) is 0 Å². The van der Waals surface area contributed by atoms with Gasteiger partial charge < -0.3 is 15.1 Å². The van der Waals surface area contributed by atoms with Crippen LogP contribution in [0.15, 0.2) is 30.6 Å². The molecule has 2 heterocycles. The van der Waals surface area contributed by atoms with Crippen LogP contribution in [-0.2, 0) is 0 Å². The van der Waals surface area contributed by atoms with Crippen LogP contribution in [0.3, 0.4) is 0 Å². The number of nitrogens with zero attached hydrogens (tertiary/aromatic N) is 4. The zero-order chi connectivity index (χ0) is 17.1. The Morgan fingerprint density at radius 3 is 2.46 bits per heavy atom. The smallest absolute Gasteiger partial charge is 0.274 e. The highest BCUT2D eigenvalue weighted by Crippen LogP contribution is 2.17. The lowest BCUT2D eigenvalue weighted by Crippen LogP contribution is -2.47. The molecule has 0 atom stereocenters. The minimum Gasteiger partial charge on any atom is -0.339 e. The van der Waals surface area contributed by atoms with Gasteiger partial charge in [0.05, 0.1) is 12.4 Å². The van der Waals surface area contributed by atoms with Gasteiger partial charge in [-0.3, -0.25) is 4.79 Å². The molecule has 0 bridgehead atoms. The van der Waals surface area contributed by atoms with Crippen molar-refractivity contribution in [2.24, 2.45) is 0 Å². The first-order valence-electron chi connectivity index (χ1n) is 7.55. The average molecular weight is 333 g/mol. The summed E-state index contributed by atoms with van der Waals surface area (Å²) in [4.78, 5) is 24.5. The molecule has 2 aromatic rings. The number of hydrogen-bond donors (Lipinski definition) is 1. The summed E-state index contributed by atoms with van der Waals surface area (Å²) in [5.41, 5.74) is 0.608. The normalized spacial score (nSPS) is 15.4. The van der Waals surface area contributed by atoms with Gasteiger partial charge in [-0.2, -0.15) is 0 Å². The van der Waals surface area contributed by atoms with Crippen molar-refractivity contribution in [3.05, 3.63) is 47.9 Å². The third-order valence-electron chi connectivity index (χ3n) is 3.85. The highest BCUT2D eigenvalue weighted by Gasteiger charge is 2.21. The first-order chi connectivity index (χ1) is 11.5. The Labute approximate surface area is 138 Å². The second-order valence-corrected chi connectivity index (χ2v) is 5.64. The average Bonchev–Trinajstić information content (AvgIpc) is 2.59. The molecule has 0 unspecified atom stereocenters. The molecule has 1 saturated heterocycles. The van der Waals surface area contributed by atoms with Crippen LogP contribution >= 0.6 is 0 Å². The zero-order valence-electron chi connectivity index (χ0n) is 13.2. The van der Waals surface area contributed by atoms with Crippen molar-refractivity contribution >= 4 is 17.4 Å². The maximum absolute atomic E-state index is 13.2. The number of halogens is 2. The lowest BCUT2D eigenvalue weighted by molar-refractivity contribution is 0.0658. The van der Waals surface area contributed by atoms with Crippen molar-refractivity contribution in [1.29, 1.82) is 0 Å². The van der Waals surface area contributed by atoms with Gasteiger partial charge in [-0.05, 0) is 19.2 Å². The maximum atomic E-state index is 13.2. The van der Waals surface area contributed by atoms with E-state index in [1.807, 2.05) is 7.05 Å². The van der Waals surface area contributed by atoms with Gasteiger partial charge in [0.2, 0.25) is 0 Å². The minimum atomic E-state index is -0.949. The maximum Gasteiger partial charge on any atom is 0.274 e. The molecule has 1 aromatic carbocycles. The third-order valence-corrected chi connectivity index (χ3v) is 3.85. The number of benzene rings is 1. The molecule has 0 radical (unpaired) electrons. The first-order valence-corrected chi connectivity index (χ1v) is 7.55. The van der Waals surface area contributed by atoms with E-state index >= 15 is 0 Å². The Balaban J connectivity index is 1.66. The number of carbonyl (C=O) groups is 1. The van der Waals surface area contributed by atoms with E-state index in [9.17, 15) is 13.6 Å². The van der Waals surface area contributed by atoms with Crippen molar-refractivity contribution in [3.8, 4) is 0 Å². The second-order valence-electron chi connectivity index (χ2n) is 5.64. The Morgan fingerprint density at radius 1 is 1.08 bits per heavy atom. The summed E-state index contributed by atoms with van der Waals surface area (Å²) in [6.45, 7) is 2.97. The molecule has 1 fully saturated rings. The fourth-order valence-corrected chi connectivity index (χ4v) is 2.40. The first kappa shape index (κ1) is 16.3. The number of piperazine rings is 1. The van der Waals surface area contributed by atoms with E-state index < -0.39 is 11.6 Å². The van der Waals surface area contributed by atoms with Gasteiger partial charge in [0, 0.05) is 37.9 Å². The van der Waals surface area contributed by atoms with Crippen molar-refractivity contribution in [1.82, 2.24) is 19.8 Å². The van der Waals surface area contributed by atoms with E-state index in [0.29, 0.717) is 24.6 Å². The summed E-state index contributed by atoms with van der Waals surface area (Å²) >= 11 is 0. The SMILES string of the molecule is CN1CCN(C(=O)c2cnc(Nc3ccc(F)c(F)c3)cn2)CC1. The summed E-state index contributed by atoms with van der Waals surface area (Å²) < 4.78 is 26.1. The molecule has 0 spiro atoms. The molecule has 126 valence electrons. The van der Waals surface area contributed by atoms with E-state index in [1.54, 1.807) is 4.90 Å². The van der Waals surface area contributed by atoms with Gasteiger partial charge in [0.15, 0.2) is 11.6 Å². The number of anilines is 2. The molecule has 0 saturated carbocycles. The van der Waals surface area contributed by atoms with Crippen molar-refractivity contribution < 1.29 is 13.6 Å². The van der Waals surface area contributed by atoms with Crippen molar-refractivity contribution in [2.75, 3.05) is 38.5 Å². The van der Waals surface area contributed by atoms with E-state index in [1.165, 1.54) is 18.5 Å². The Kier molecular flexibility index (Phi) is 4.66. The Morgan fingerprint density at radius 2 is 1.83 bits per heavy atom. The van der Waals surface area contributed by atoms with Crippen LogP contribution in [-0.4, -0.2) is 58.9 Å². The molecule has 1 amide bonds. The van der Waals surface area contributed by atoms with Crippen molar-refractivity contribution in [2.45, 2.75) is 0 Å². The fraction of sp³-hybridized carbons (Fsp3) is 0.312. The molecule has 1 N–H and O–H groups in total. The predicted molar refractivity (Wildman–Crippen MR) is 85.1 cm³/mol. The molecule has 1 aliphatic heterocycles. The number of hydrogen-bond acceptors (Lipinski definition) is 5. The monoisotopic (exact) mass is 333 g/mol. The number of rotatable bonds is 3. The molecule has 1 aromatic heterocycles. The highest BCUT2D eigenvalue weighted by atomic mass is 19.2. The van der Waals surface area contributed by atoms with E-state index in [2.05, 4.69) is 20.2 Å². The standard InChI is InChI=1S/C16H17F2N5O/c1-22-4-6-23(7-5-22)16(24)14-9-20-15(10-19-14)21-11-2-3-12(17)13(18)8-11/h2-3,8-10H,4-7H2,1H3,(H,20,21). The van der Waals surface area contributed by atoms with Gasteiger partial charge in [-0.1, -0.05) is 0 Å². The second kappa shape index (κ2) is 6.88. The topological polar surface area (TPSA) is 61.4 Å². The van der Waals surface area contributed by atoms with Crippen LogP contribution < -0.4 is 5.32 Å². The van der Waals surface area contributed by atoms with Crippen LogP contribution in [0.1, 0.15) is 10.5 Å². The Hall–Kier alpha value is -2.61. The van der Waals surface area contributed by atoms with Crippen molar-refractivity contribution in [3.63, 3.8) is 0 Å². The van der Waals surface area contributed by atoms with E-state index in [-0.39, 0.29) is 11.6 Å². The van der Waals surface area contributed by atoms with Gasteiger partial charge in [0.1, 0.15) is 11.5 Å². The Bertz CT molecular complexity index is 730. The van der Waals surface area contributed by atoms with Crippen LogP contribution in [0.2, 0.25) is 0 Å². The number of nitrogens with one attached hydrogen (secondary N) is 1. The van der Waals surface area contributed by atoms with Gasteiger partial charge in [-0.15, -0.1) is 0 Å². The van der Waals surface area contributed by atoms with Crippen LogP contribution in [0.4, 0.5) is 20.3 Å². The fourth-order valence-electron chi connectivity index (χ4n) is 2.40.